The fraction of sp³-hybridized carbons (Fsp3) is 0.917. The molecule has 1 saturated carbocycles. The van der Waals surface area contributed by atoms with E-state index in [1.54, 1.807) is 0 Å². The van der Waals surface area contributed by atoms with Crippen molar-refractivity contribution in [3.63, 3.8) is 0 Å². The highest BCUT2D eigenvalue weighted by Gasteiger charge is 2.31. The molecule has 1 heterocycles. The average Bonchev–Trinajstić information content (AvgIpc) is 2.58. The van der Waals surface area contributed by atoms with Gasteiger partial charge in [-0.15, -0.1) is 11.6 Å². The summed E-state index contributed by atoms with van der Waals surface area (Å²) in [4.78, 5) is 13.6. The molecule has 1 aliphatic heterocycles. The molecule has 2 aliphatic rings. The number of carbonyl (C=O) groups excluding carboxylic acids is 1. The molecule has 2 fully saturated rings. The summed E-state index contributed by atoms with van der Waals surface area (Å²) < 4.78 is 0. The molecule has 0 spiro atoms. The molecule has 16 heavy (non-hydrogen) atoms. The number of halogens is 1. The van der Waals surface area contributed by atoms with Crippen LogP contribution in [0.1, 0.15) is 32.1 Å². The monoisotopic (exact) mass is 244 g/mol. The number of carbonyl (C=O) groups is 1. The minimum atomic E-state index is 0.0291. The van der Waals surface area contributed by atoms with Gasteiger partial charge in [0.25, 0.3) is 0 Å². The molecule has 4 heteroatoms. The van der Waals surface area contributed by atoms with Gasteiger partial charge in [0, 0.05) is 19.5 Å². The molecular formula is C12H21ClN2O. The maximum absolute atomic E-state index is 11.6. The fourth-order valence-electron chi connectivity index (χ4n) is 2.99. The van der Waals surface area contributed by atoms with Crippen LogP contribution in [0.4, 0.5) is 0 Å². The highest BCUT2D eigenvalue weighted by atomic mass is 35.5. The number of rotatable bonds is 3. The van der Waals surface area contributed by atoms with E-state index in [1.165, 1.54) is 25.7 Å². The predicted molar refractivity (Wildman–Crippen MR) is 65.3 cm³/mol. The summed E-state index contributed by atoms with van der Waals surface area (Å²) in [7, 11) is 0. The van der Waals surface area contributed by atoms with Gasteiger partial charge < -0.3 is 10.6 Å². The van der Waals surface area contributed by atoms with E-state index >= 15 is 0 Å². The number of likely N-dealkylation sites (tertiary alicyclic amines) is 1. The molecule has 2 rings (SSSR count). The number of nitrogens with two attached hydrogens (primary N) is 1. The molecule has 0 aromatic heterocycles. The number of amides is 1. The minimum Gasteiger partial charge on any atom is -0.341 e. The van der Waals surface area contributed by atoms with Crippen LogP contribution in [0.25, 0.3) is 0 Å². The molecule has 0 aromatic carbocycles. The van der Waals surface area contributed by atoms with E-state index < -0.39 is 0 Å². The maximum Gasteiger partial charge on any atom is 0.224 e. The molecule has 1 saturated heterocycles. The van der Waals surface area contributed by atoms with Gasteiger partial charge in [-0.3, -0.25) is 4.79 Å². The summed E-state index contributed by atoms with van der Waals surface area (Å²) in [5, 5.41) is 0.0291. The van der Waals surface area contributed by atoms with Crippen LogP contribution in [0.2, 0.25) is 0 Å². The van der Waals surface area contributed by atoms with E-state index in [1.807, 2.05) is 4.90 Å². The lowest BCUT2D eigenvalue weighted by atomic mass is 9.81. The van der Waals surface area contributed by atoms with Gasteiger partial charge in [-0.2, -0.15) is 0 Å². The Labute approximate surface area is 102 Å². The second-order valence-corrected chi connectivity index (χ2v) is 5.85. The second-order valence-electron chi connectivity index (χ2n) is 5.23. The smallest absolute Gasteiger partial charge is 0.224 e. The van der Waals surface area contributed by atoms with Gasteiger partial charge in [0.1, 0.15) is 0 Å². The van der Waals surface area contributed by atoms with E-state index in [0.717, 1.165) is 19.6 Å². The van der Waals surface area contributed by atoms with E-state index in [9.17, 15) is 4.79 Å². The molecule has 92 valence electrons. The van der Waals surface area contributed by atoms with Crippen molar-refractivity contribution in [3.05, 3.63) is 0 Å². The molecule has 0 radical (unpaired) electrons. The van der Waals surface area contributed by atoms with Crippen LogP contribution in [0.15, 0.2) is 0 Å². The van der Waals surface area contributed by atoms with Crippen LogP contribution in [-0.4, -0.2) is 35.8 Å². The second kappa shape index (κ2) is 5.37. The Bertz CT molecular complexity index is 259. The van der Waals surface area contributed by atoms with Crippen molar-refractivity contribution in [1.29, 1.82) is 0 Å². The third-order valence-corrected chi connectivity index (χ3v) is 4.16. The lowest BCUT2D eigenvalue weighted by Crippen LogP contribution is -2.34. The molecular weight excluding hydrogens is 224 g/mol. The first kappa shape index (κ1) is 12.2. The number of hydrogen-bond acceptors (Lipinski definition) is 2. The van der Waals surface area contributed by atoms with Gasteiger partial charge in [-0.25, -0.2) is 0 Å². The molecule has 3 atom stereocenters. The lowest BCUT2D eigenvalue weighted by Gasteiger charge is -2.31. The Balaban J connectivity index is 1.82. The first-order valence-electron chi connectivity index (χ1n) is 6.31. The zero-order valence-electron chi connectivity index (χ0n) is 9.70. The van der Waals surface area contributed by atoms with E-state index in [4.69, 9.17) is 17.3 Å². The van der Waals surface area contributed by atoms with Gasteiger partial charge in [0.05, 0.1) is 5.38 Å². The molecule has 1 aliphatic carbocycles. The van der Waals surface area contributed by atoms with E-state index in [-0.39, 0.29) is 11.3 Å². The van der Waals surface area contributed by atoms with Crippen molar-refractivity contribution in [2.75, 3.05) is 19.6 Å². The quantitative estimate of drug-likeness (QED) is 0.767. The average molecular weight is 245 g/mol. The Kier molecular flexibility index (Phi) is 4.09. The van der Waals surface area contributed by atoms with Crippen LogP contribution >= 0.6 is 11.6 Å². The zero-order chi connectivity index (χ0) is 11.5. The van der Waals surface area contributed by atoms with Gasteiger partial charge in [-0.1, -0.05) is 6.42 Å². The first-order valence-corrected chi connectivity index (χ1v) is 6.74. The van der Waals surface area contributed by atoms with Crippen molar-refractivity contribution >= 4 is 17.5 Å². The van der Waals surface area contributed by atoms with Crippen molar-refractivity contribution < 1.29 is 4.79 Å². The largest absolute Gasteiger partial charge is 0.341 e. The number of alkyl halides is 1. The van der Waals surface area contributed by atoms with Crippen LogP contribution in [0.5, 0.6) is 0 Å². The summed E-state index contributed by atoms with van der Waals surface area (Å²) >= 11 is 5.99. The third-order valence-electron chi connectivity index (χ3n) is 3.87. The summed E-state index contributed by atoms with van der Waals surface area (Å²) in [5.74, 6) is 1.55. The number of nitrogens with zero attached hydrogens (tertiary/aromatic N) is 1. The summed E-state index contributed by atoms with van der Waals surface area (Å²) in [5.41, 5.74) is 5.72. The van der Waals surface area contributed by atoms with Gasteiger partial charge in [0.15, 0.2) is 0 Å². The Morgan fingerprint density at radius 2 is 2.12 bits per heavy atom. The normalized spacial score (nSPS) is 35.8. The Morgan fingerprint density at radius 1 is 1.38 bits per heavy atom. The summed E-state index contributed by atoms with van der Waals surface area (Å²) in [6, 6.07) is 0. The van der Waals surface area contributed by atoms with Crippen LogP contribution in [0.3, 0.4) is 0 Å². The molecule has 2 N–H and O–H groups in total. The van der Waals surface area contributed by atoms with Gasteiger partial charge in [-0.05, 0) is 37.6 Å². The zero-order valence-corrected chi connectivity index (χ0v) is 10.5. The number of hydrogen-bond donors (Lipinski definition) is 1. The van der Waals surface area contributed by atoms with Crippen LogP contribution in [-0.2, 0) is 4.79 Å². The predicted octanol–water partition coefficient (Wildman–Crippen LogP) is 1.59. The van der Waals surface area contributed by atoms with Crippen LogP contribution in [0, 0.1) is 11.8 Å². The van der Waals surface area contributed by atoms with Crippen molar-refractivity contribution in [2.45, 2.75) is 37.5 Å². The van der Waals surface area contributed by atoms with E-state index in [2.05, 4.69) is 0 Å². The van der Waals surface area contributed by atoms with Gasteiger partial charge >= 0.3 is 0 Å². The minimum absolute atomic E-state index is 0.0291. The van der Waals surface area contributed by atoms with Gasteiger partial charge in [0.2, 0.25) is 5.91 Å². The summed E-state index contributed by atoms with van der Waals surface area (Å²) in [6.07, 6.45) is 5.48. The highest BCUT2D eigenvalue weighted by molar-refractivity contribution is 6.22. The lowest BCUT2D eigenvalue weighted by molar-refractivity contribution is -0.128. The highest BCUT2D eigenvalue weighted by Crippen LogP contribution is 2.30. The van der Waals surface area contributed by atoms with Crippen molar-refractivity contribution in [3.8, 4) is 0 Å². The van der Waals surface area contributed by atoms with Crippen LogP contribution < -0.4 is 5.73 Å². The first-order chi connectivity index (χ1) is 7.69. The molecule has 0 bridgehead atoms. The van der Waals surface area contributed by atoms with E-state index in [0.29, 0.717) is 18.3 Å². The summed E-state index contributed by atoms with van der Waals surface area (Å²) in [6.45, 7) is 2.44. The van der Waals surface area contributed by atoms with Crippen molar-refractivity contribution in [2.24, 2.45) is 17.6 Å². The Morgan fingerprint density at radius 3 is 2.75 bits per heavy atom. The van der Waals surface area contributed by atoms with Crippen molar-refractivity contribution in [1.82, 2.24) is 4.90 Å². The topological polar surface area (TPSA) is 46.3 Å². The molecule has 0 aromatic rings. The third kappa shape index (κ3) is 2.89. The maximum atomic E-state index is 11.6. The molecule has 3 nitrogen and oxygen atoms in total. The standard InChI is InChI=1S/C12H21ClN2O/c13-11-5-12(16)15(8-11)7-10-3-1-2-9(4-10)6-14/h9-11H,1-8,14H2/t9-,10+,11?/m1/s1. The fourth-order valence-corrected chi connectivity index (χ4v) is 3.29. The molecule has 1 amide bonds. The SMILES string of the molecule is NC[C@@H]1CCC[C@H](CN2CC(Cl)CC2=O)C1. The Hall–Kier alpha value is -0.280. The molecule has 1 unspecified atom stereocenters.